The zero-order valence-electron chi connectivity index (χ0n) is 16.0. The van der Waals surface area contributed by atoms with Crippen LogP contribution in [-0.4, -0.2) is 17.3 Å². The highest BCUT2D eigenvalue weighted by molar-refractivity contribution is 6.30. The molecule has 148 valence electrons. The van der Waals surface area contributed by atoms with Crippen molar-refractivity contribution in [1.29, 1.82) is 0 Å². The van der Waals surface area contributed by atoms with Gasteiger partial charge in [0.25, 0.3) is 0 Å². The van der Waals surface area contributed by atoms with E-state index in [0.29, 0.717) is 11.4 Å². The normalized spacial score (nSPS) is 11.5. The van der Waals surface area contributed by atoms with E-state index in [9.17, 15) is 9.59 Å². The van der Waals surface area contributed by atoms with Gasteiger partial charge >= 0.3 is 6.03 Å². The summed E-state index contributed by atoms with van der Waals surface area (Å²) < 4.78 is 0. The van der Waals surface area contributed by atoms with Gasteiger partial charge in [-0.05, 0) is 42.5 Å². The maximum Gasteiger partial charge on any atom is 0.324 e. The van der Waals surface area contributed by atoms with Gasteiger partial charge in [-0.25, -0.2) is 4.79 Å². The minimum absolute atomic E-state index is 0.201. The lowest BCUT2D eigenvalue weighted by atomic mass is 10.00. The van der Waals surface area contributed by atoms with E-state index in [-0.39, 0.29) is 12.6 Å². The van der Waals surface area contributed by atoms with Gasteiger partial charge in [-0.3, -0.25) is 9.69 Å². The molecule has 2 aromatic rings. The molecule has 0 spiro atoms. The van der Waals surface area contributed by atoms with Crippen LogP contribution in [0.5, 0.6) is 0 Å². The minimum atomic E-state index is -0.407. The summed E-state index contributed by atoms with van der Waals surface area (Å²) in [5.74, 6) is 0. The van der Waals surface area contributed by atoms with Crippen molar-refractivity contribution in [3.63, 3.8) is 0 Å². The van der Waals surface area contributed by atoms with Crippen molar-refractivity contribution in [3.8, 4) is 0 Å². The van der Waals surface area contributed by atoms with Gasteiger partial charge in [-0.15, -0.1) is 6.58 Å². The first-order valence-electron chi connectivity index (χ1n) is 9.56. The number of amides is 3. The van der Waals surface area contributed by atoms with Gasteiger partial charge in [-0.1, -0.05) is 73.0 Å². The molecule has 0 aliphatic rings. The summed E-state index contributed by atoms with van der Waals surface area (Å²) in [6.45, 7) is 3.98. The van der Waals surface area contributed by atoms with Crippen LogP contribution in [0.15, 0.2) is 67.3 Å². The monoisotopic (exact) mass is 398 g/mol. The average Bonchev–Trinajstić information content (AvgIpc) is 2.71. The van der Waals surface area contributed by atoms with Crippen molar-refractivity contribution in [3.05, 3.63) is 83.4 Å². The first-order chi connectivity index (χ1) is 13.6. The van der Waals surface area contributed by atoms with Crippen molar-refractivity contribution >= 4 is 24.0 Å². The predicted molar refractivity (Wildman–Crippen MR) is 114 cm³/mol. The fourth-order valence-corrected chi connectivity index (χ4v) is 3.23. The number of nitrogens with zero attached hydrogens (tertiary/aromatic N) is 1. The lowest BCUT2D eigenvalue weighted by Gasteiger charge is -2.23. The molecule has 0 aliphatic heterocycles. The van der Waals surface area contributed by atoms with E-state index in [4.69, 9.17) is 11.6 Å². The van der Waals surface area contributed by atoms with Crippen LogP contribution in [0.25, 0.3) is 0 Å². The Morgan fingerprint density at radius 1 is 1.11 bits per heavy atom. The molecule has 5 heteroatoms. The van der Waals surface area contributed by atoms with E-state index in [1.54, 1.807) is 6.07 Å². The first-order valence-corrected chi connectivity index (χ1v) is 9.94. The number of unbranched alkanes of at least 4 members (excludes halogenated alkanes) is 3. The van der Waals surface area contributed by atoms with Crippen LogP contribution < -0.4 is 5.32 Å². The van der Waals surface area contributed by atoms with Gasteiger partial charge in [0.05, 0.1) is 12.6 Å². The van der Waals surface area contributed by atoms with E-state index in [1.807, 2.05) is 54.6 Å². The number of imide groups is 1. The fourth-order valence-electron chi connectivity index (χ4n) is 3.03. The number of allylic oxidation sites excluding steroid dienone is 1. The molecule has 1 unspecified atom stereocenters. The second kappa shape index (κ2) is 12.0. The third kappa shape index (κ3) is 7.20. The van der Waals surface area contributed by atoms with Gasteiger partial charge in [0.1, 0.15) is 0 Å². The number of carbonyl (C=O) groups excluding carboxylic acids is 2. The summed E-state index contributed by atoms with van der Waals surface area (Å²) in [7, 11) is 0. The number of halogens is 1. The molecular formula is C23H27ClN2O2. The number of carbonyl (C=O) groups is 2. The van der Waals surface area contributed by atoms with Gasteiger partial charge in [0.2, 0.25) is 6.41 Å². The summed E-state index contributed by atoms with van der Waals surface area (Å²) in [5, 5.41) is 3.62. The standard InChI is InChI=1S/C23H27ClN2O2/c1-2-3-4-5-9-15-22(20-13-10-14-21(24)16-20)25-23(28)26(18-27)17-19-11-7-6-8-12-19/h2,6-8,10-14,16,18,22H,1,3-5,9,15,17H2,(H,25,28). The quantitative estimate of drug-likeness (QED) is 0.291. The maximum absolute atomic E-state index is 12.7. The van der Waals surface area contributed by atoms with E-state index in [2.05, 4.69) is 11.9 Å². The Morgan fingerprint density at radius 3 is 2.57 bits per heavy atom. The molecule has 3 amide bonds. The Labute approximate surface area is 172 Å². The largest absolute Gasteiger partial charge is 0.331 e. The van der Waals surface area contributed by atoms with Gasteiger partial charge < -0.3 is 5.32 Å². The van der Waals surface area contributed by atoms with E-state index < -0.39 is 6.03 Å². The molecule has 4 nitrogen and oxygen atoms in total. The molecule has 0 aliphatic carbocycles. The van der Waals surface area contributed by atoms with E-state index in [0.717, 1.165) is 48.1 Å². The number of rotatable bonds is 11. The second-order valence-electron chi connectivity index (χ2n) is 6.70. The molecule has 0 heterocycles. The summed E-state index contributed by atoms with van der Waals surface area (Å²) >= 11 is 6.13. The third-order valence-corrected chi connectivity index (χ3v) is 4.77. The summed E-state index contributed by atoms with van der Waals surface area (Å²) in [6.07, 6.45) is 7.36. The Morgan fingerprint density at radius 2 is 1.89 bits per heavy atom. The first kappa shape index (κ1) is 21.7. The zero-order chi connectivity index (χ0) is 20.2. The molecule has 0 radical (unpaired) electrons. The third-order valence-electron chi connectivity index (χ3n) is 4.53. The Balaban J connectivity index is 2.05. The zero-order valence-corrected chi connectivity index (χ0v) is 16.8. The Kier molecular flexibility index (Phi) is 9.29. The van der Waals surface area contributed by atoms with Gasteiger partial charge in [0, 0.05) is 5.02 Å². The highest BCUT2D eigenvalue weighted by Gasteiger charge is 2.19. The summed E-state index contributed by atoms with van der Waals surface area (Å²) in [6, 6.07) is 16.3. The molecular weight excluding hydrogens is 372 g/mol. The second-order valence-corrected chi connectivity index (χ2v) is 7.14. The molecule has 0 saturated carbocycles. The van der Waals surface area contributed by atoms with E-state index >= 15 is 0 Å². The number of benzene rings is 2. The van der Waals surface area contributed by atoms with Crippen LogP contribution >= 0.6 is 11.6 Å². The Hall–Kier alpha value is -2.59. The predicted octanol–water partition coefficient (Wildman–Crippen LogP) is 5.89. The molecule has 1 atom stereocenters. The fraction of sp³-hybridized carbons (Fsp3) is 0.304. The van der Waals surface area contributed by atoms with Crippen LogP contribution in [0.1, 0.15) is 49.3 Å². The maximum atomic E-state index is 12.7. The Bertz CT molecular complexity index is 764. The molecule has 1 N–H and O–H groups in total. The van der Waals surface area contributed by atoms with Crippen molar-refractivity contribution in [2.75, 3.05) is 0 Å². The molecule has 0 bridgehead atoms. The average molecular weight is 399 g/mol. The molecule has 2 aromatic carbocycles. The molecule has 0 fully saturated rings. The molecule has 0 aromatic heterocycles. The molecule has 28 heavy (non-hydrogen) atoms. The number of hydrogen-bond acceptors (Lipinski definition) is 2. The SMILES string of the molecule is C=CCCCCCC(NC(=O)N(C=O)Cc1ccccc1)c1cccc(Cl)c1. The number of hydrogen-bond donors (Lipinski definition) is 1. The number of urea groups is 1. The minimum Gasteiger partial charge on any atom is -0.331 e. The summed E-state index contributed by atoms with van der Waals surface area (Å²) in [5.41, 5.74) is 1.84. The van der Waals surface area contributed by atoms with Gasteiger partial charge in [0.15, 0.2) is 0 Å². The lowest BCUT2D eigenvalue weighted by Crippen LogP contribution is -2.40. The smallest absolute Gasteiger partial charge is 0.324 e. The lowest BCUT2D eigenvalue weighted by molar-refractivity contribution is -0.116. The highest BCUT2D eigenvalue weighted by atomic mass is 35.5. The van der Waals surface area contributed by atoms with Crippen molar-refractivity contribution in [2.24, 2.45) is 0 Å². The van der Waals surface area contributed by atoms with Crippen molar-refractivity contribution < 1.29 is 9.59 Å². The number of nitrogens with one attached hydrogen (secondary N) is 1. The van der Waals surface area contributed by atoms with Crippen LogP contribution in [0, 0.1) is 0 Å². The van der Waals surface area contributed by atoms with E-state index in [1.165, 1.54) is 0 Å². The molecule has 2 rings (SSSR count). The van der Waals surface area contributed by atoms with Gasteiger partial charge in [-0.2, -0.15) is 0 Å². The van der Waals surface area contributed by atoms with Crippen LogP contribution in [0.4, 0.5) is 4.79 Å². The molecule has 0 saturated heterocycles. The van der Waals surface area contributed by atoms with Crippen LogP contribution in [0.3, 0.4) is 0 Å². The highest BCUT2D eigenvalue weighted by Crippen LogP contribution is 2.23. The van der Waals surface area contributed by atoms with Crippen molar-refractivity contribution in [2.45, 2.75) is 44.7 Å². The van der Waals surface area contributed by atoms with Crippen LogP contribution in [-0.2, 0) is 11.3 Å². The summed E-state index contributed by atoms with van der Waals surface area (Å²) in [4.78, 5) is 25.4. The topological polar surface area (TPSA) is 49.4 Å². The van der Waals surface area contributed by atoms with Crippen LogP contribution in [0.2, 0.25) is 5.02 Å². The van der Waals surface area contributed by atoms with Crippen molar-refractivity contribution in [1.82, 2.24) is 10.2 Å².